The Morgan fingerprint density at radius 2 is 1.96 bits per heavy atom. The Labute approximate surface area is 140 Å². The van der Waals surface area contributed by atoms with Crippen molar-refractivity contribution in [3.05, 3.63) is 53.2 Å². The number of hydrogen-bond acceptors (Lipinski definition) is 5. The summed E-state index contributed by atoms with van der Waals surface area (Å²) in [7, 11) is 2.04. The maximum atomic E-state index is 12.9. The number of aromatic nitrogens is 4. The van der Waals surface area contributed by atoms with Crippen LogP contribution in [0.15, 0.2) is 30.6 Å². The molecule has 7 heteroatoms. The largest absolute Gasteiger partial charge is 0.368 e. The van der Waals surface area contributed by atoms with Crippen molar-refractivity contribution >= 4 is 11.6 Å². The molecular formula is C17H21FN6. The molecule has 3 rings (SSSR count). The zero-order valence-corrected chi connectivity index (χ0v) is 14.1. The number of anilines is 1. The Morgan fingerprint density at radius 3 is 2.71 bits per heavy atom. The van der Waals surface area contributed by atoms with Crippen LogP contribution in [0.1, 0.15) is 16.8 Å². The van der Waals surface area contributed by atoms with Gasteiger partial charge >= 0.3 is 0 Å². The Morgan fingerprint density at radius 1 is 1.21 bits per heavy atom. The molecule has 0 atom stereocenters. The van der Waals surface area contributed by atoms with Crippen LogP contribution in [0.25, 0.3) is 5.78 Å². The molecule has 0 radical (unpaired) electrons. The minimum Gasteiger partial charge on any atom is -0.368 e. The molecule has 0 saturated heterocycles. The van der Waals surface area contributed by atoms with E-state index in [9.17, 15) is 4.39 Å². The summed E-state index contributed by atoms with van der Waals surface area (Å²) in [5.74, 6) is 1.31. The van der Waals surface area contributed by atoms with Gasteiger partial charge in [-0.1, -0.05) is 12.1 Å². The number of nitrogens with one attached hydrogen (secondary N) is 1. The standard InChI is InChI=1S/C17H21FN6/c1-12-13(2)22-17-20-11-21-24(17)16(12)19-8-9-23(3)10-14-4-6-15(18)7-5-14/h4-7,11,19H,8-10H2,1-3H3. The Bertz CT molecular complexity index is 827. The van der Waals surface area contributed by atoms with Gasteiger partial charge in [0.15, 0.2) is 0 Å². The third-order valence-electron chi connectivity index (χ3n) is 4.06. The Kier molecular flexibility index (Phi) is 4.71. The van der Waals surface area contributed by atoms with E-state index >= 15 is 0 Å². The van der Waals surface area contributed by atoms with Crippen molar-refractivity contribution in [3.63, 3.8) is 0 Å². The fraction of sp³-hybridized carbons (Fsp3) is 0.353. The molecular weight excluding hydrogens is 307 g/mol. The summed E-state index contributed by atoms with van der Waals surface area (Å²) >= 11 is 0. The second kappa shape index (κ2) is 6.92. The van der Waals surface area contributed by atoms with Gasteiger partial charge in [0.05, 0.1) is 0 Å². The highest BCUT2D eigenvalue weighted by molar-refractivity contribution is 5.51. The van der Waals surface area contributed by atoms with E-state index in [0.717, 1.165) is 42.3 Å². The molecule has 0 saturated carbocycles. The lowest BCUT2D eigenvalue weighted by Crippen LogP contribution is -2.25. The molecule has 2 aromatic heterocycles. The van der Waals surface area contributed by atoms with Gasteiger partial charge in [-0.15, -0.1) is 0 Å². The normalized spacial score (nSPS) is 11.4. The van der Waals surface area contributed by atoms with Crippen molar-refractivity contribution in [1.29, 1.82) is 0 Å². The van der Waals surface area contributed by atoms with Crippen LogP contribution < -0.4 is 5.32 Å². The number of fused-ring (bicyclic) bond motifs is 1. The van der Waals surface area contributed by atoms with Gasteiger partial charge in [-0.25, -0.2) is 9.37 Å². The van der Waals surface area contributed by atoms with Crippen molar-refractivity contribution in [2.75, 3.05) is 25.5 Å². The molecule has 0 fully saturated rings. The Hall–Kier alpha value is -2.54. The number of rotatable bonds is 6. The molecule has 24 heavy (non-hydrogen) atoms. The van der Waals surface area contributed by atoms with Crippen LogP contribution in [-0.2, 0) is 6.54 Å². The first-order valence-electron chi connectivity index (χ1n) is 7.88. The van der Waals surface area contributed by atoms with Gasteiger partial charge in [0.25, 0.3) is 5.78 Å². The summed E-state index contributed by atoms with van der Waals surface area (Å²) < 4.78 is 14.7. The zero-order chi connectivity index (χ0) is 17.1. The maximum absolute atomic E-state index is 12.9. The summed E-state index contributed by atoms with van der Waals surface area (Å²) in [4.78, 5) is 10.7. The molecule has 0 aliphatic rings. The van der Waals surface area contributed by atoms with Crippen LogP contribution in [0.5, 0.6) is 0 Å². The predicted molar refractivity (Wildman–Crippen MR) is 91.5 cm³/mol. The molecule has 126 valence electrons. The minimum absolute atomic E-state index is 0.205. The third kappa shape index (κ3) is 3.51. The molecule has 1 N–H and O–H groups in total. The summed E-state index contributed by atoms with van der Waals surface area (Å²) in [6.45, 7) is 6.37. The predicted octanol–water partition coefficient (Wildman–Crippen LogP) is 2.42. The lowest BCUT2D eigenvalue weighted by Gasteiger charge is -2.18. The average Bonchev–Trinajstić information content (AvgIpc) is 3.01. The topological polar surface area (TPSA) is 58.4 Å². The van der Waals surface area contributed by atoms with E-state index in [1.807, 2.05) is 33.0 Å². The second-order valence-electron chi connectivity index (χ2n) is 5.93. The minimum atomic E-state index is -0.205. The summed E-state index contributed by atoms with van der Waals surface area (Å²) in [6.07, 6.45) is 1.51. The first-order chi connectivity index (χ1) is 11.5. The number of likely N-dealkylation sites (N-methyl/N-ethyl adjacent to an activating group) is 1. The van der Waals surface area contributed by atoms with Crippen molar-refractivity contribution in [1.82, 2.24) is 24.5 Å². The molecule has 1 aromatic carbocycles. The van der Waals surface area contributed by atoms with Crippen LogP contribution in [0.4, 0.5) is 10.2 Å². The highest BCUT2D eigenvalue weighted by Gasteiger charge is 2.10. The summed E-state index contributed by atoms with van der Waals surface area (Å²) in [5, 5.41) is 7.65. The van der Waals surface area contributed by atoms with Crippen molar-refractivity contribution in [3.8, 4) is 0 Å². The third-order valence-corrected chi connectivity index (χ3v) is 4.06. The second-order valence-corrected chi connectivity index (χ2v) is 5.93. The van der Waals surface area contributed by atoms with E-state index in [1.165, 1.54) is 18.5 Å². The van der Waals surface area contributed by atoms with Gasteiger partial charge in [-0.05, 0) is 38.6 Å². The van der Waals surface area contributed by atoms with Gasteiger partial charge in [0.1, 0.15) is 18.0 Å². The van der Waals surface area contributed by atoms with Crippen LogP contribution in [0.2, 0.25) is 0 Å². The quantitative estimate of drug-likeness (QED) is 0.753. The smallest absolute Gasteiger partial charge is 0.254 e. The van der Waals surface area contributed by atoms with E-state index in [0.29, 0.717) is 5.78 Å². The van der Waals surface area contributed by atoms with Gasteiger partial charge in [0, 0.05) is 30.9 Å². The lowest BCUT2D eigenvalue weighted by atomic mass is 10.2. The fourth-order valence-corrected chi connectivity index (χ4v) is 2.59. The molecule has 0 spiro atoms. The lowest BCUT2D eigenvalue weighted by molar-refractivity contribution is 0.339. The van der Waals surface area contributed by atoms with E-state index in [4.69, 9.17) is 0 Å². The highest BCUT2D eigenvalue weighted by Crippen LogP contribution is 2.17. The fourth-order valence-electron chi connectivity index (χ4n) is 2.59. The monoisotopic (exact) mass is 328 g/mol. The van der Waals surface area contributed by atoms with Crippen LogP contribution in [-0.4, -0.2) is 44.6 Å². The average molecular weight is 328 g/mol. The van der Waals surface area contributed by atoms with Crippen LogP contribution in [0, 0.1) is 19.7 Å². The van der Waals surface area contributed by atoms with Gasteiger partial charge in [-0.2, -0.15) is 14.6 Å². The van der Waals surface area contributed by atoms with Gasteiger partial charge in [0.2, 0.25) is 0 Å². The van der Waals surface area contributed by atoms with E-state index in [2.05, 4.69) is 25.3 Å². The molecule has 0 aliphatic heterocycles. The SMILES string of the molecule is Cc1nc2ncnn2c(NCCN(C)Cc2ccc(F)cc2)c1C. The molecule has 0 amide bonds. The van der Waals surface area contributed by atoms with E-state index in [-0.39, 0.29) is 5.82 Å². The summed E-state index contributed by atoms with van der Waals surface area (Å²) in [5.41, 5.74) is 3.10. The first-order valence-corrected chi connectivity index (χ1v) is 7.88. The highest BCUT2D eigenvalue weighted by atomic mass is 19.1. The van der Waals surface area contributed by atoms with Crippen molar-refractivity contribution in [2.24, 2.45) is 0 Å². The first kappa shape index (κ1) is 16.3. The van der Waals surface area contributed by atoms with E-state index < -0.39 is 0 Å². The van der Waals surface area contributed by atoms with Crippen molar-refractivity contribution < 1.29 is 4.39 Å². The van der Waals surface area contributed by atoms with Gasteiger partial charge < -0.3 is 10.2 Å². The van der Waals surface area contributed by atoms with Crippen LogP contribution >= 0.6 is 0 Å². The number of aryl methyl sites for hydroxylation is 1. The molecule has 0 unspecified atom stereocenters. The molecule has 3 aromatic rings. The van der Waals surface area contributed by atoms with Gasteiger partial charge in [-0.3, -0.25) is 0 Å². The molecule has 0 bridgehead atoms. The van der Waals surface area contributed by atoms with Crippen molar-refractivity contribution in [2.45, 2.75) is 20.4 Å². The number of nitrogens with zero attached hydrogens (tertiary/aromatic N) is 5. The van der Waals surface area contributed by atoms with E-state index in [1.54, 1.807) is 4.52 Å². The molecule has 2 heterocycles. The number of benzene rings is 1. The van der Waals surface area contributed by atoms with Crippen LogP contribution in [0.3, 0.4) is 0 Å². The summed E-state index contributed by atoms with van der Waals surface area (Å²) in [6, 6.07) is 6.61. The number of hydrogen-bond donors (Lipinski definition) is 1. The molecule has 6 nitrogen and oxygen atoms in total. The molecule has 0 aliphatic carbocycles. The zero-order valence-electron chi connectivity index (χ0n) is 14.1. The Balaban J connectivity index is 1.61. The maximum Gasteiger partial charge on any atom is 0.254 e. The number of halogens is 1.